The molecular weight excluding hydrogens is 356 g/mol. The average molecular weight is 372 g/mol. The van der Waals surface area contributed by atoms with Crippen molar-refractivity contribution in [1.82, 2.24) is 5.48 Å². The van der Waals surface area contributed by atoms with Gasteiger partial charge in [0.15, 0.2) is 6.61 Å². The van der Waals surface area contributed by atoms with Crippen LogP contribution in [0.1, 0.15) is 0 Å². The summed E-state index contributed by atoms with van der Waals surface area (Å²) in [5.41, 5.74) is 1.74. The first-order valence-electron chi connectivity index (χ1n) is 7.66. The van der Waals surface area contributed by atoms with Crippen molar-refractivity contribution in [2.24, 2.45) is 0 Å². The molecule has 3 rings (SSSR count). The molecule has 26 heavy (non-hydrogen) atoms. The van der Waals surface area contributed by atoms with E-state index >= 15 is 0 Å². The molecule has 0 bridgehead atoms. The van der Waals surface area contributed by atoms with Gasteiger partial charge >= 0.3 is 0 Å². The van der Waals surface area contributed by atoms with Crippen molar-refractivity contribution in [3.63, 3.8) is 0 Å². The maximum atomic E-state index is 12.8. The third-order valence-corrected chi connectivity index (χ3v) is 5.06. The zero-order chi connectivity index (χ0) is 18.6. The van der Waals surface area contributed by atoms with E-state index in [1.807, 2.05) is 18.2 Å². The molecule has 1 amide bonds. The highest BCUT2D eigenvalue weighted by molar-refractivity contribution is 7.93. The number of hydroxylamine groups is 1. The predicted molar refractivity (Wildman–Crippen MR) is 96.6 cm³/mol. The van der Waals surface area contributed by atoms with Gasteiger partial charge in [-0.3, -0.25) is 14.7 Å². The number of anilines is 1. The first-order valence-corrected chi connectivity index (χ1v) is 9.14. The molecule has 0 saturated heterocycles. The summed E-state index contributed by atoms with van der Waals surface area (Å²) in [4.78, 5) is 11.2. The van der Waals surface area contributed by atoms with Crippen LogP contribution in [0.3, 0.4) is 0 Å². The lowest BCUT2D eigenvalue weighted by Gasteiger charge is -2.12. The van der Waals surface area contributed by atoms with Gasteiger partial charge in [-0.25, -0.2) is 13.9 Å². The van der Waals surface area contributed by atoms with E-state index in [0.717, 1.165) is 5.39 Å². The molecule has 0 aliphatic heterocycles. The number of hydrogen-bond donors (Lipinski definition) is 3. The number of carbonyl (C=O) groups excluding carboxylic acids is 1. The van der Waals surface area contributed by atoms with E-state index in [0.29, 0.717) is 11.1 Å². The van der Waals surface area contributed by atoms with Gasteiger partial charge in [-0.1, -0.05) is 42.5 Å². The van der Waals surface area contributed by atoms with Crippen molar-refractivity contribution in [1.29, 1.82) is 0 Å². The molecule has 0 radical (unpaired) electrons. The number of benzene rings is 3. The van der Waals surface area contributed by atoms with Crippen LogP contribution in [0.5, 0.6) is 5.75 Å². The minimum Gasteiger partial charge on any atom is -0.484 e. The summed E-state index contributed by atoms with van der Waals surface area (Å²) in [6, 6.07) is 18.5. The highest BCUT2D eigenvalue weighted by Crippen LogP contribution is 2.26. The Morgan fingerprint density at radius 3 is 2.54 bits per heavy atom. The summed E-state index contributed by atoms with van der Waals surface area (Å²) in [7, 11) is -3.82. The Kier molecular flexibility index (Phi) is 5.06. The summed E-state index contributed by atoms with van der Waals surface area (Å²) in [6.07, 6.45) is 0. The molecule has 0 atom stereocenters. The maximum absolute atomic E-state index is 12.8. The summed E-state index contributed by atoms with van der Waals surface area (Å²) >= 11 is 0. The van der Waals surface area contributed by atoms with Crippen LogP contribution in [0.25, 0.3) is 10.8 Å². The molecule has 0 aliphatic rings. The zero-order valence-corrected chi connectivity index (χ0v) is 14.4. The van der Waals surface area contributed by atoms with E-state index in [9.17, 15) is 13.2 Å². The Bertz CT molecular complexity index is 1040. The summed E-state index contributed by atoms with van der Waals surface area (Å²) in [5.74, 6) is -0.432. The van der Waals surface area contributed by atoms with Crippen LogP contribution in [-0.2, 0) is 14.8 Å². The third kappa shape index (κ3) is 3.93. The number of fused-ring (bicyclic) bond motifs is 1. The molecular formula is C18H16N2O5S. The van der Waals surface area contributed by atoms with Gasteiger partial charge < -0.3 is 4.74 Å². The summed E-state index contributed by atoms with van der Waals surface area (Å²) < 4.78 is 33.3. The maximum Gasteiger partial charge on any atom is 0.281 e. The van der Waals surface area contributed by atoms with E-state index in [4.69, 9.17) is 9.94 Å². The van der Waals surface area contributed by atoms with Crippen molar-refractivity contribution in [2.75, 3.05) is 11.3 Å². The van der Waals surface area contributed by atoms with E-state index in [2.05, 4.69) is 4.72 Å². The number of sulfonamides is 1. The molecule has 0 aliphatic carbocycles. The van der Waals surface area contributed by atoms with Gasteiger partial charge in [0.05, 0.1) is 10.6 Å². The Labute approximate surface area is 150 Å². The largest absolute Gasteiger partial charge is 0.484 e. The molecule has 7 nitrogen and oxygen atoms in total. The van der Waals surface area contributed by atoms with Gasteiger partial charge in [-0.15, -0.1) is 0 Å². The van der Waals surface area contributed by atoms with Crippen molar-refractivity contribution in [2.45, 2.75) is 4.90 Å². The minimum absolute atomic E-state index is 0.168. The van der Waals surface area contributed by atoms with Gasteiger partial charge in [-0.2, -0.15) is 0 Å². The molecule has 0 aromatic heterocycles. The van der Waals surface area contributed by atoms with Crippen molar-refractivity contribution < 1.29 is 23.2 Å². The molecule has 0 unspecified atom stereocenters. The van der Waals surface area contributed by atoms with Gasteiger partial charge in [0.25, 0.3) is 15.9 Å². The molecule has 0 fully saturated rings. The number of amides is 1. The van der Waals surface area contributed by atoms with Gasteiger partial charge in [-0.05, 0) is 23.6 Å². The van der Waals surface area contributed by atoms with E-state index in [1.54, 1.807) is 36.4 Å². The monoisotopic (exact) mass is 372 g/mol. The lowest BCUT2D eigenvalue weighted by molar-refractivity contribution is -0.131. The first-order chi connectivity index (χ1) is 12.5. The van der Waals surface area contributed by atoms with Gasteiger partial charge in [0.2, 0.25) is 0 Å². The van der Waals surface area contributed by atoms with Crippen molar-refractivity contribution >= 4 is 32.4 Å². The van der Waals surface area contributed by atoms with Gasteiger partial charge in [0, 0.05) is 11.5 Å². The molecule has 3 aromatic rings. The third-order valence-electron chi connectivity index (χ3n) is 3.62. The smallest absolute Gasteiger partial charge is 0.281 e. The van der Waals surface area contributed by atoms with Crippen molar-refractivity contribution in [3.8, 4) is 5.75 Å². The number of carbonyl (C=O) groups is 1. The highest BCUT2D eigenvalue weighted by atomic mass is 32.2. The Morgan fingerprint density at radius 1 is 1.00 bits per heavy atom. The lowest BCUT2D eigenvalue weighted by Crippen LogP contribution is -2.25. The van der Waals surface area contributed by atoms with E-state index in [-0.39, 0.29) is 10.6 Å². The second-order valence-corrected chi connectivity index (χ2v) is 7.09. The van der Waals surface area contributed by atoms with Crippen LogP contribution in [0, 0.1) is 0 Å². The number of rotatable bonds is 6. The van der Waals surface area contributed by atoms with E-state index in [1.165, 1.54) is 17.6 Å². The predicted octanol–water partition coefficient (Wildman–Crippen LogP) is 2.52. The average Bonchev–Trinajstić information content (AvgIpc) is 2.65. The Hall–Kier alpha value is -3.10. The van der Waals surface area contributed by atoms with Crippen molar-refractivity contribution in [3.05, 3.63) is 66.7 Å². The molecule has 0 saturated carbocycles. The second-order valence-electron chi connectivity index (χ2n) is 5.43. The number of nitrogens with one attached hydrogen (secondary N) is 2. The summed E-state index contributed by atoms with van der Waals surface area (Å²) in [6.45, 7) is -0.393. The molecule has 0 heterocycles. The molecule has 3 N–H and O–H groups in total. The second kappa shape index (κ2) is 7.42. The zero-order valence-electron chi connectivity index (χ0n) is 13.5. The summed E-state index contributed by atoms with van der Waals surface area (Å²) in [5, 5.41) is 9.90. The molecule has 3 aromatic carbocycles. The molecule has 8 heteroatoms. The van der Waals surface area contributed by atoms with E-state index < -0.39 is 22.5 Å². The fraction of sp³-hybridized carbons (Fsp3) is 0.0556. The van der Waals surface area contributed by atoms with Crippen LogP contribution in [-0.4, -0.2) is 26.1 Å². The fourth-order valence-corrected chi connectivity index (χ4v) is 3.75. The van der Waals surface area contributed by atoms with Crippen LogP contribution in [0.4, 0.5) is 5.69 Å². The van der Waals surface area contributed by atoms with Crippen LogP contribution in [0.15, 0.2) is 71.6 Å². The molecule has 0 spiro atoms. The standard InChI is InChI=1S/C18H16N2O5S/c21-18(19-22)12-25-15-8-4-7-14(11-15)20-26(23,24)17-10-3-6-13-5-1-2-9-16(13)17/h1-11,20,22H,12H2,(H,19,21). The van der Waals surface area contributed by atoms with Crippen LogP contribution >= 0.6 is 0 Å². The quantitative estimate of drug-likeness (QED) is 0.456. The number of hydrogen-bond acceptors (Lipinski definition) is 5. The minimum atomic E-state index is -3.82. The number of ether oxygens (including phenoxy) is 1. The lowest BCUT2D eigenvalue weighted by atomic mass is 10.1. The molecule has 134 valence electrons. The Morgan fingerprint density at radius 2 is 1.73 bits per heavy atom. The Balaban J connectivity index is 1.86. The SMILES string of the molecule is O=C(COc1cccc(NS(=O)(=O)c2cccc3ccccc23)c1)NO. The topological polar surface area (TPSA) is 105 Å². The van der Waals surface area contributed by atoms with Gasteiger partial charge in [0.1, 0.15) is 5.75 Å². The van der Waals surface area contributed by atoms with Crippen LogP contribution in [0.2, 0.25) is 0 Å². The fourth-order valence-electron chi connectivity index (χ4n) is 2.47. The highest BCUT2D eigenvalue weighted by Gasteiger charge is 2.17. The first kappa shape index (κ1) is 17.7. The normalized spacial score (nSPS) is 11.1. The van der Waals surface area contributed by atoms with Crippen LogP contribution < -0.4 is 14.9 Å².